The van der Waals surface area contributed by atoms with Crippen LogP contribution in [0.4, 0.5) is 0 Å². The molecule has 6 N–H and O–H groups in total. The van der Waals surface area contributed by atoms with Crippen molar-refractivity contribution in [3.05, 3.63) is 0 Å². The van der Waals surface area contributed by atoms with Crippen molar-refractivity contribution in [1.82, 2.24) is 10.2 Å². The first kappa shape index (κ1) is 24.8. The van der Waals surface area contributed by atoms with E-state index in [1.54, 1.807) is 0 Å². The molecule has 0 saturated carbocycles. The highest BCUT2D eigenvalue weighted by atomic mass is 16.5. The van der Waals surface area contributed by atoms with Gasteiger partial charge < -0.3 is 35.6 Å². The van der Waals surface area contributed by atoms with Crippen LogP contribution in [0.5, 0.6) is 0 Å². The highest BCUT2D eigenvalue weighted by molar-refractivity contribution is 5.94. The average Bonchev–Trinajstić information content (AvgIpc) is 2.93. The third-order valence-corrected chi connectivity index (χ3v) is 4.41. The monoisotopic (exact) mass is 434 g/mol. The third-order valence-electron chi connectivity index (χ3n) is 4.41. The lowest BCUT2D eigenvalue weighted by Gasteiger charge is -2.33. The predicted octanol–water partition coefficient (Wildman–Crippen LogP) is -2.89. The fourth-order valence-corrected chi connectivity index (χ4v) is 2.83. The molecule has 14 nitrogen and oxygen atoms in total. The number of rotatable bonds is 11. The van der Waals surface area contributed by atoms with Crippen molar-refractivity contribution in [1.29, 1.82) is 0 Å². The van der Waals surface area contributed by atoms with Gasteiger partial charge in [0.2, 0.25) is 17.5 Å². The second-order valence-electron chi connectivity index (χ2n) is 6.66. The molecule has 0 aromatic heterocycles. The Morgan fingerprint density at radius 1 is 1.20 bits per heavy atom. The molecule has 0 aliphatic carbocycles. The van der Waals surface area contributed by atoms with Crippen LogP contribution < -0.4 is 5.32 Å². The van der Waals surface area contributed by atoms with Crippen molar-refractivity contribution in [3.8, 4) is 0 Å². The number of ether oxygens (including phenoxy) is 1. The summed E-state index contributed by atoms with van der Waals surface area (Å²) in [7, 11) is 0. The number of nitrogens with one attached hydrogen (secondary N) is 1. The van der Waals surface area contributed by atoms with E-state index in [9.17, 15) is 39.0 Å². The van der Waals surface area contributed by atoms with Crippen molar-refractivity contribution in [2.45, 2.75) is 50.0 Å². The molecule has 1 aliphatic heterocycles. The van der Waals surface area contributed by atoms with E-state index in [1.165, 1.54) is 6.92 Å². The van der Waals surface area contributed by atoms with Crippen LogP contribution in [0.15, 0.2) is 0 Å². The molecular weight excluding hydrogens is 412 g/mol. The number of nitrogens with zero attached hydrogens (tertiary/aromatic N) is 1. The highest BCUT2D eigenvalue weighted by Gasteiger charge is 2.53. The molecule has 0 aromatic carbocycles. The second kappa shape index (κ2) is 9.49. The van der Waals surface area contributed by atoms with Crippen LogP contribution in [0.25, 0.3) is 0 Å². The van der Waals surface area contributed by atoms with Crippen molar-refractivity contribution in [3.63, 3.8) is 0 Å². The molecule has 30 heavy (non-hydrogen) atoms. The van der Waals surface area contributed by atoms with Gasteiger partial charge in [-0.25, -0.2) is 9.59 Å². The molecule has 1 fully saturated rings. The first-order chi connectivity index (χ1) is 13.7. The average molecular weight is 434 g/mol. The van der Waals surface area contributed by atoms with Gasteiger partial charge in [0.05, 0.1) is 19.4 Å². The summed E-state index contributed by atoms with van der Waals surface area (Å²) < 4.78 is 4.63. The number of carbonyl (C=O) groups is 6. The number of amides is 2. The summed E-state index contributed by atoms with van der Waals surface area (Å²) >= 11 is 0. The smallest absolute Gasteiger partial charge is 0.357 e. The van der Waals surface area contributed by atoms with Crippen LogP contribution in [0.2, 0.25) is 0 Å². The molecular formula is C16H22N2O12. The number of hydrogen-bond acceptors (Lipinski definition) is 9. The number of esters is 1. The molecule has 3 atom stereocenters. The lowest BCUT2D eigenvalue weighted by Crippen LogP contribution is -2.59. The minimum absolute atomic E-state index is 0.263. The first-order valence-electron chi connectivity index (χ1n) is 8.63. The summed E-state index contributed by atoms with van der Waals surface area (Å²) in [6.45, 7) is 0.376. The quantitative estimate of drug-likeness (QED) is 0.142. The van der Waals surface area contributed by atoms with E-state index in [2.05, 4.69) is 10.1 Å². The number of aliphatic hydroxyl groups is 2. The van der Waals surface area contributed by atoms with E-state index < -0.39 is 72.5 Å². The number of likely N-dealkylation sites (tertiary alicyclic amines) is 1. The minimum atomic E-state index is -2.86. The molecule has 2 amide bonds. The number of aliphatic carboxylic acids is 3. The molecule has 14 heteroatoms. The molecule has 1 saturated heterocycles. The van der Waals surface area contributed by atoms with E-state index in [0.29, 0.717) is 4.90 Å². The number of carbonyl (C=O) groups excluding carboxylic acids is 3. The van der Waals surface area contributed by atoms with Crippen molar-refractivity contribution >= 4 is 35.7 Å². The van der Waals surface area contributed by atoms with Crippen LogP contribution >= 0.6 is 0 Å². The Balaban J connectivity index is 2.55. The van der Waals surface area contributed by atoms with Gasteiger partial charge in [0.25, 0.3) is 0 Å². The Morgan fingerprint density at radius 3 is 2.30 bits per heavy atom. The van der Waals surface area contributed by atoms with Crippen LogP contribution in [0.1, 0.15) is 32.6 Å². The van der Waals surface area contributed by atoms with Gasteiger partial charge in [0.15, 0.2) is 5.60 Å². The van der Waals surface area contributed by atoms with E-state index in [-0.39, 0.29) is 19.4 Å². The Hall–Kier alpha value is -3.26. The van der Waals surface area contributed by atoms with E-state index in [4.69, 9.17) is 15.3 Å². The zero-order chi connectivity index (χ0) is 23.3. The summed E-state index contributed by atoms with van der Waals surface area (Å²) in [6.07, 6.45) is -3.03. The Morgan fingerprint density at radius 2 is 1.80 bits per heavy atom. The van der Waals surface area contributed by atoms with Gasteiger partial charge >= 0.3 is 23.9 Å². The van der Waals surface area contributed by atoms with Gasteiger partial charge in [0.1, 0.15) is 12.6 Å². The SMILES string of the molecule is C[C@@H](C(=O)NCCOC(=O)C[C@](O)(CC(=O)O)C(=O)O)N1C(=O)CCC1(O)C(=O)O. The van der Waals surface area contributed by atoms with Gasteiger partial charge in [-0.1, -0.05) is 0 Å². The normalized spacial score (nSPS) is 21.4. The largest absolute Gasteiger partial charge is 0.481 e. The molecule has 1 aliphatic rings. The standard InChI is InChI=1S/C16H22N2O12/c1-8(18-9(19)2-3-16(18,29)14(26)27)12(23)17-4-5-30-11(22)7-15(28,13(24)25)6-10(20)21/h8,28-29H,2-7H2,1H3,(H,17,23)(H,20,21)(H,24,25)(H,26,27)/t8-,15+,16?/m0/s1. The first-order valence-corrected chi connectivity index (χ1v) is 8.63. The summed E-state index contributed by atoms with van der Waals surface area (Å²) in [4.78, 5) is 69.0. The van der Waals surface area contributed by atoms with Gasteiger partial charge in [-0.2, -0.15) is 0 Å². The predicted molar refractivity (Wildman–Crippen MR) is 91.6 cm³/mol. The van der Waals surface area contributed by atoms with E-state index in [0.717, 1.165) is 0 Å². The molecule has 168 valence electrons. The third kappa shape index (κ3) is 5.64. The second-order valence-corrected chi connectivity index (χ2v) is 6.66. The number of carboxylic acids is 3. The van der Waals surface area contributed by atoms with Crippen LogP contribution in [0.3, 0.4) is 0 Å². The molecule has 0 bridgehead atoms. The zero-order valence-electron chi connectivity index (χ0n) is 15.9. The van der Waals surface area contributed by atoms with Gasteiger partial charge in [-0.05, 0) is 6.92 Å². The minimum Gasteiger partial charge on any atom is -0.481 e. The lowest BCUT2D eigenvalue weighted by molar-refractivity contribution is -0.185. The number of carboxylic acid groups (broad SMARTS) is 3. The summed E-state index contributed by atoms with van der Waals surface area (Å²) in [5.74, 6) is -8.08. The Kier molecular flexibility index (Phi) is 7.84. The van der Waals surface area contributed by atoms with Gasteiger partial charge in [-0.15, -0.1) is 0 Å². The maximum absolute atomic E-state index is 12.1. The van der Waals surface area contributed by atoms with Crippen molar-refractivity contribution < 1.29 is 59.0 Å². The lowest BCUT2D eigenvalue weighted by atomic mass is 9.96. The summed E-state index contributed by atoms with van der Waals surface area (Å²) in [6, 6.07) is -1.36. The van der Waals surface area contributed by atoms with Crippen molar-refractivity contribution in [2.24, 2.45) is 0 Å². The summed E-state index contributed by atoms with van der Waals surface area (Å²) in [5, 5.41) is 48.7. The van der Waals surface area contributed by atoms with Crippen molar-refractivity contribution in [2.75, 3.05) is 13.2 Å². The van der Waals surface area contributed by atoms with E-state index in [1.807, 2.05) is 0 Å². The van der Waals surface area contributed by atoms with Gasteiger partial charge in [0, 0.05) is 12.8 Å². The summed E-state index contributed by atoms with van der Waals surface area (Å²) in [5.41, 5.74) is -5.39. The van der Waals surface area contributed by atoms with Crippen LogP contribution in [-0.2, 0) is 33.5 Å². The fraction of sp³-hybridized carbons (Fsp3) is 0.625. The Labute approximate surface area is 169 Å². The molecule has 0 aromatic rings. The van der Waals surface area contributed by atoms with Gasteiger partial charge in [-0.3, -0.25) is 24.1 Å². The molecule has 0 spiro atoms. The Bertz CT molecular complexity index is 753. The maximum atomic E-state index is 12.1. The fourth-order valence-electron chi connectivity index (χ4n) is 2.83. The zero-order valence-corrected chi connectivity index (χ0v) is 15.9. The van der Waals surface area contributed by atoms with E-state index >= 15 is 0 Å². The topological polar surface area (TPSA) is 228 Å². The molecule has 0 radical (unpaired) electrons. The molecule has 1 unspecified atom stereocenters. The number of hydrogen-bond donors (Lipinski definition) is 6. The van der Waals surface area contributed by atoms with Crippen LogP contribution in [0, 0.1) is 0 Å². The van der Waals surface area contributed by atoms with Crippen LogP contribution in [-0.4, -0.2) is 96.6 Å². The highest BCUT2D eigenvalue weighted by Crippen LogP contribution is 2.30. The molecule has 1 rings (SSSR count). The maximum Gasteiger partial charge on any atom is 0.357 e. The molecule has 1 heterocycles.